The quantitative estimate of drug-likeness (QED) is 0.847. The minimum absolute atomic E-state index is 0.180. The molecule has 0 saturated carbocycles. The van der Waals surface area contributed by atoms with Crippen LogP contribution in [0.15, 0.2) is 29.2 Å². The molecule has 2 rings (SSSR count). The smallest absolute Gasteiger partial charge is 0.223 e. The molecule has 5 heteroatoms. The zero-order valence-corrected chi connectivity index (χ0v) is 12.2. The fourth-order valence-corrected chi connectivity index (χ4v) is 2.70. The topological polar surface area (TPSA) is 49.6 Å². The lowest BCUT2D eigenvalue weighted by molar-refractivity contribution is -0.131. The molecule has 1 aliphatic heterocycles. The molecule has 0 atom stereocenters. The zero-order valence-electron chi connectivity index (χ0n) is 11.3. The number of rotatable bonds is 4. The van der Waals surface area contributed by atoms with E-state index >= 15 is 0 Å². The van der Waals surface area contributed by atoms with Gasteiger partial charge in [-0.25, -0.2) is 0 Å². The lowest BCUT2D eigenvalue weighted by atomic mass is 10.2. The molecule has 19 heavy (non-hydrogen) atoms. The van der Waals surface area contributed by atoms with Crippen molar-refractivity contribution in [2.75, 3.05) is 43.9 Å². The van der Waals surface area contributed by atoms with Crippen LogP contribution in [0.1, 0.15) is 6.42 Å². The maximum atomic E-state index is 11.7. The van der Waals surface area contributed by atoms with E-state index in [-0.39, 0.29) is 5.91 Å². The van der Waals surface area contributed by atoms with Crippen LogP contribution in [0.5, 0.6) is 0 Å². The van der Waals surface area contributed by atoms with Gasteiger partial charge in [-0.05, 0) is 30.5 Å². The van der Waals surface area contributed by atoms with Crippen molar-refractivity contribution in [3.8, 4) is 0 Å². The van der Waals surface area contributed by atoms with Crippen LogP contribution in [0.25, 0.3) is 0 Å². The minimum Gasteiger partial charge on any atom is -0.368 e. The summed E-state index contributed by atoms with van der Waals surface area (Å²) in [5.41, 5.74) is 6.66. The molecule has 1 amide bonds. The average Bonchev–Trinajstić information content (AvgIpc) is 2.48. The Labute approximate surface area is 118 Å². The number of amides is 1. The lowest BCUT2D eigenvalue weighted by Gasteiger charge is -2.36. The first-order chi connectivity index (χ1) is 9.24. The molecular formula is C14H21N3OS. The van der Waals surface area contributed by atoms with Gasteiger partial charge >= 0.3 is 0 Å². The van der Waals surface area contributed by atoms with Crippen molar-refractivity contribution in [2.24, 2.45) is 5.73 Å². The number of carbonyl (C=O) groups is 1. The fourth-order valence-electron chi connectivity index (χ4n) is 2.29. The van der Waals surface area contributed by atoms with Gasteiger partial charge in [-0.2, -0.15) is 0 Å². The van der Waals surface area contributed by atoms with Crippen LogP contribution in [-0.2, 0) is 4.79 Å². The lowest BCUT2D eigenvalue weighted by Crippen LogP contribution is -2.49. The van der Waals surface area contributed by atoms with Crippen molar-refractivity contribution in [1.82, 2.24) is 4.90 Å². The molecule has 0 unspecified atom stereocenters. The Morgan fingerprint density at radius 1 is 1.21 bits per heavy atom. The molecule has 0 spiro atoms. The molecule has 0 aromatic heterocycles. The first-order valence-corrected chi connectivity index (χ1v) is 7.84. The number of anilines is 1. The van der Waals surface area contributed by atoms with E-state index in [0.717, 1.165) is 26.2 Å². The molecular weight excluding hydrogens is 258 g/mol. The van der Waals surface area contributed by atoms with Gasteiger partial charge in [0, 0.05) is 49.7 Å². The SMILES string of the molecule is CSc1ccc(N2CCN(C(=O)CCN)CC2)cc1. The standard InChI is InChI=1S/C14H21N3OS/c1-19-13-4-2-12(3-5-13)16-8-10-17(11-9-16)14(18)6-7-15/h2-5H,6-11,15H2,1H3. The van der Waals surface area contributed by atoms with Crippen LogP contribution < -0.4 is 10.6 Å². The summed E-state index contributed by atoms with van der Waals surface area (Å²) < 4.78 is 0. The molecule has 1 aromatic carbocycles. The highest BCUT2D eigenvalue weighted by Crippen LogP contribution is 2.21. The van der Waals surface area contributed by atoms with Gasteiger partial charge in [0.05, 0.1) is 0 Å². The van der Waals surface area contributed by atoms with Crippen LogP contribution in [0, 0.1) is 0 Å². The fraction of sp³-hybridized carbons (Fsp3) is 0.500. The Morgan fingerprint density at radius 2 is 1.84 bits per heavy atom. The third-order valence-electron chi connectivity index (χ3n) is 3.43. The molecule has 2 N–H and O–H groups in total. The molecule has 1 heterocycles. The van der Waals surface area contributed by atoms with Gasteiger partial charge < -0.3 is 15.5 Å². The van der Waals surface area contributed by atoms with Crippen molar-refractivity contribution in [3.05, 3.63) is 24.3 Å². The van der Waals surface area contributed by atoms with Crippen LogP contribution in [0.3, 0.4) is 0 Å². The number of carbonyl (C=O) groups excluding carboxylic acids is 1. The number of nitrogens with zero attached hydrogens (tertiary/aromatic N) is 2. The van der Waals surface area contributed by atoms with Crippen LogP contribution in [-0.4, -0.2) is 49.8 Å². The van der Waals surface area contributed by atoms with Crippen molar-refractivity contribution in [1.29, 1.82) is 0 Å². The molecule has 1 aliphatic rings. The Morgan fingerprint density at radius 3 is 2.37 bits per heavy atom. The van der Waals surface area contributed by atoms with Crippen molar-refractivity contribution in [2.45, 2.75) is 11.3 Å². The minimum atomic E-state index is 0.180. The largest absolute Gasteiger partial charge is 0.368 e. The highest BCUT2D eigenvalue weighted by molar-refractivity contribution is 7.98. The van der Waals surface area contributed by atoms with E-state index in [2.05, 4.69) is 35.4 Å². The third kappa shape index (κ3) is 3.64. The van der Waals surface area contributed by atoms with Gasteiger partial charge in [-0.3, -0.25) is 4.79 Å². The van der Waals surface area contributed by atoms with Gasteiger partial charge in [0.1, 0.15) is 0 Å². The molecule has 0 radical (unpaired) electrons. The van der Waals surface area contributed by atoms with Crippen molar-refractivity contribution < 1.29 is 4.79 Å². The summed E-state index contributed by atoms with van der Waals surface area (Å²) in [6, 6.07) is 8.60. The van der Waals surface area contributed by atoms with Crippen LogP contribution in [0.4, 0.5) is 5.69 Å². The highest BCUT2D eigenvalue weighted by Gasteiger charge is 2.20. The number of thioether (sulfide) groups is 1. The van der Waals surface area contributed by atoms with E-state index in [1.54, 1.807) is 11.8 Å². The predicted octanol–water partition coefficient (Wildman–Crippen LogP) is 1.41. The van der Waals surface area contributed by atoms with E-state index in [1.165, 1.54) is 10.6 Å². The summed E-state index contributed by atoms with van der Waals surface area (Å²) in [6.07, 6.45) is 2.54. The van der Waals surface area contributed by atoms with Crippen LogP contribution >= 0.6 is 11.8 Å². The van der Waals surface area contributed by atoms with Gasteiger partial charge in [-0.15, -0.1) is 11.8 Å². The molecule has 4 nitrogen and oxygen atoms in total. The van der Waals surface area contributed by atoms with Gasteiger partial charge in [0.25, 0.3) is 0 Å². The number of benzene rings is 1. The number of hydrogen-bond acceptors (Lipinski definition) is 4. The van der Waals surface area contributed by atoms with E-state index in [9.17, 15) is 4.79 Å². The predicted molar refractivity (Wildman–Crippen MR) is 80.7 cm³/mol. The van der Waals surface area contributed by atoms with Crippen LogP contribution in [0.2, 0.25) is 0 Å². The summed E-state index contributed by atoms with van der Waals surface area (Å²) >= 11 is 1.75. The summed E-state index contributed by atoms with van der Waals surface area (Å²) in [6.45, 7) is 3.82. The highest BCUT2D eigenvalue weighted by atomic mass is 32.2. The Kier molecular flexibility index (Phi) is 5.10. The molecule has 1 aromatic rings. The van der Waals surface area contributed by atoms with Crippen molar-refractivity contribution in [3.63, 3.8) is 0 Å². The van der Waals surface area contributed by atoms with Gasteiger partial charge in [-0.1, -0.05) is 0 Å². The number of hydrogen-bond donors (Lipinski definition) is 1. The maximum Gasteiger partial charge on any atom is 0.223 e. The summed E-state index contributed by atoms with van der Waals surface area (Å²) in [5.74, 6) is 0.180. The number of piperazine rings is 1. The molecule has 0 bridgehead atoms. The van der Waals surface area contributed by atoms with Gasteiger partial charge in [0.15, 0.2) is 0 Å². The first kappa shape index (κ1) is 14.2. The summed E-state index contributed by atoms with van der Waals surface area (Å²) in [4.78, 5) is 17.3. The van der Waals surface area contributed by atoms with Gasteiger partial charge in [0.2, 0.25) is 5.91 Å². The Hall–Kier alpha value is -1.20. The van der Waals surface area contributed by atoms with E-state index < -0.39 is 0 Å². The normalized spacial score (nSPS) is 15.7. The molecule has 0 aliphatic carbocycles. The second kappa shape index (κ2) is 6.82. The third-order valence-corrected chi connectivity index (χ3v) is 4.17. The second-order valence-electron chi connectivity index (χ2n) is 4.60. The van der Waals surface area contributed by atoms with E-state index in [0.29, 0.717) is 13.0 Å². The van der Waals surface area contributed by atoms with E-state index in [1.807, 2.05) is 4.90 Å². The average molecular weight is 279 g/mol. The molecule has 1 saturated heterocycles. The summed E-state index contributed by atoms with van der Waals surface area (Å²) in [7, 11) is 0. The molecule has 104 valence electrons. The second-order valence-corrected chi connectivity index (χ2v) is 5.48. The maximum absolute atomic E-state index is 11.7. The summed E-state index contributed by atoms with van der Waals surface area (Å²) in [5, 5.41) is 0. The Balaban J connectivity index is 1.90. The Bertz CT molecular complexity index is 413. The first-order valence-electron chi connectivity index (χ1n) is 6.61. The monoisotopic (exact) mass is 279 g/mol. The number of nitrogens with two attached hydrogens (primary N) is 1. The van der Waals surface area contributed by atoms with Crippen molar-refractivity contribution >= 4 is 23.4 Å². The van der Waals surface area contributed by atoms with E-state index in [4.69, 9.17) is 5.73 Å². The zero-order chi connectivity index (χ0) is 13.7. The molecule has 1 fully saturated rings.